The van der Waals surface area contributed by atoms with Gasteiger partial charge in [0.2, 0.25) is 0 Å². The topological polar surface area (TPSA) is 73.8 Å². The zero-order valence-corrected chi connectivity index (χ0v) is 26.1. The summed E-state index contributed by atoms with van der Waals surface area (Å²) in [6, 6.07) is 9.60. The highest BCUT2D eigenvalue weighted by molar-refractivity contribution is 6.04. The first-order valence-electron chi connectivity index (χ1n) is 16.1. The summed E-state index contributed by atoms with van der Waals surface area (Å²) >= 11 is 0. The molecule has 1 aliphatic carbocycles. The fourth-order valence-electron chi connectivity index (χ4n) is 7.19. The number of alkyl halides is 1. The molecule has 2 N–H and O–H groups in total. The van der Waals surface area contributed by atoms with E-state index in [1.54, 1.807) is 18.2 Å². The summed E-state index contributed by atoms with van der Waals surface area (Å²) in [5.74, 6) is 1.17. The molecule has 0 bridgehead atoms. The highest BCUT2D eigenvalue weighted by Gasteiger charge is 2.46. The molecule has 7 rings (SSSR count). The Morgan fingerprint density at radius 3 is 2.70 bits per heavy atom. The zero-order valence-electron chi connectivity index (χ0n) is 26.1. The first-order chi connectivity index (χ1) is 22.2. The van der Waals surface area contributed by atoms with E-state index in [-0.39, 0.29) is 51.3 Å². The zero-order chi connectivity index (χ0) is 32.2. The van der Waals surface area contributed by atoms with Crippen molar-refractivity contribution in [3.05, 3.63) is 53.6 Å². The number of halogens is 3. The van der Waals surface area contributed by atoms with Crippen LogP contribution in [0.3, 0.4) is 0 Å². The Morgan fingerprint density at radius 2 is 1.98 bits per heavy atom. The van der Waals surface area contributed by atoms with E-state index in [0.717, 1.165) is 32.4 Å². The number of likely N-dealkylation sites (tertiary alicyclic amines) is 1. The largest absolute Gasteiger partial charge is 0.508 e. The highest BCUT2D eigenvalue weighted by atomic mass is 19.1. The Morgan fingerprint density at radius 1 is 1.15 bits per heavy atom. The van der Waals surface area contributed by atoms with Gasteiger partial charge in [-0.25, -0.2) is 13.2 Å². The average molecular weight is 630 g/mol. The number of ether oxygens (including phenoxy) is 1. The number of anilines is 1. The number of phenolic OH excluding ortho intramolecular Hbond substituents is 1. The molecule has 4 aromatic rings. The van der Waals surface area contributed by atoms with Gasteiger partial charge in [-0.1, -0.05) is 25.0 Å². The minimum atomic E-state index is -0.885. The molecule has 1 aromatic heterocycles. The van der Waals surface area contributed by atoms with Gasteiger partial charge in [0.05, 0.1) is 12.2 Å². The molecule has 0 amide bonds. The van der Waals surface area contributed by atoms with Crippen molar-refractivity contribution in [2.75, 3.05) is 44.2 Å². The van der Waals surface area contributed by atoms with E-state index >= 15 is 8.78 Å². The van der Waals surface area contributed by atoms with Crippen LogP contribution in [0.15, 0.2) is 36.4 Å². The fourth-order valence-corrected chi connectivity index (χ4v) is 7.19. The SMILES string of the molecule is C#Cc1cccc2cc(O)cc(-c3c(F)cc4c(N5C[C@@H](CC)N[C@H](C)C5)nc(OCC5(CN6CC[C@@H](F)C6)CC5)nc4c3F)c12. The van der Waals surface area contributed by atoms with Gasteiger partial charge in [0.1, 0.15) is 29.1 Å². The van der Waals surface area contributed by atoms with Crippen LogP contribution in [0, 0.1) is 29.4 Å². The van der Waals surface area contributed by atoms with Gasteiger partial charge < -0.3 is 20.1 Å². The molecule has 2 saturated heterocycles. The molecule has 0 radical (unpaired) electrons. The molecule has 0 unspecified atom stereocenters. The van der Waals surface area contributed by atoms with Gasteiger partial charge >= 0.3 is 6.01 Å². The molecule has 0 spiro atoms. The van der Waals surface area contributed by atoms with Gasteiger partial charge in [-0.3, -0.25) is 4.90 Å². The second-order valence-corrected chi connectivity index (χ2v) is 13.3. The van der Waals surface area contributed by atoms with Crippen LogP contribution in [-0.4, -0.2) is 77.6 Å². The predicted molar refractivity (Wildman–Crippen MR) is 174 cm³/mol. The maximum absolute atomic E-state index is 16.9. The number of benzene rings is 3. The van der Waals surface area contributed by atoms with Gasteiger partial charge in [0.15, 0.2) is 5.82 Å². The highest BCUT2D eigenvalue weighted by Crippen LogP contribution is 2.47. The second kappa shape index (κ2) is 11.9. The maximum atomic E-state index is 16.9. The smallest absolute Gasteiger partial charge is 0.319 e. The van der Waals surface area contributed by atoms with Crippen LogP contribution in [0.1, 0.15) is 45.1 Å². The molecule has 3 heterocycles. The summed E-state index contributed by atoms with van der Waals surface area (Å²) in [5.41, 5.74) is 0.0535. The molecular formula is C36H38F3N5O2. The van der Waals surface area contributed by atoms with E-state index in [2.05, 4.69) is 35.0 Å². The number of hydrogen-bond acceptors (Lipinski definition) is 7. The molecule has 7 nitrogen and oxygen atoms in total. The van der Waals surface area contributed by atoms with E-state index < -0.39 is 17.8 Å². The van der Waals surface area contributed by atoms with E-state index in [1.165, 1.54) is 18.2 Å². The van der Waals surface area contributed by atoms with Crippen molar-refractivity contribution in [2.45, 2.75) is 57.8 Å². The number of terminal acetylenes is 1. The van der Waals surface area contributed by atoms with Crippen molar-refractivity contribution in [1.82, 2.24) is 20.2 Å². The molecule has 3 aliphatic rings. The Hall–Kier alpha value is -4.07. The average Bonchev–Trinajstić information content (AvgIpc) is 3.68. The molecule has 3 atom stereocenters. The number of nitrogens with one attached hydrogen (secondary N) is 1. The van der Waals surface area contributed by atoms with Gasteiger partial charge in [-0.05, 0) is 62.3 Å². The number of aromatic hydroxyl groups is 1. The third-order valence-electron chi connectivity index (χ3n) is 9.71. The van der Waals surface area contributed by atoms with E-state index in [1.807, 2.05) is 4.90 Å². The first-order valence-corrected chi connectivity index (χ1v) is 16.1. The number of phenols is 1. The molecule has 2 aliphatic heterocycles. The molecule has 46 heavy (non-hydrogen) atoms. The summed E-state index contributed by atoms with van der Waals surface area (Å²) < 4.78 is 53.2. The molecular weight excluding hydrogens is 591 g/mol. The second-order valence-electron chi connectivity index (χ2n) is 13.3. The number of fused-ring (bicyclic) bond motifs is 2. The van der Waals surface area contributed by atoms with Crippen LogP contribution in [0.5, 0.6) is 11.8 Å². The number of nitrogens with zero attached hydrogens (tertiary/aromatic N) is 4. The summed E-state index contributed by atoms with van der Waals surface area (Å²) in [5, 5.41) is 15.4. The van der Waals surface area contributed by atoms with Crippen molar-refractivity contribution in [3.63, 3.8) is 0 Å². The van der Waals surface area contributed by atoms with E-state index in [0.29, 0.717) is 54.8 Å². The van der Waals surface area contributed by atoms with Crippen LogP contribution >= 0.6 is 0 Å². The summed E-state index contributed by atoms with van der Waals surface area (Å²) in [6.45, 7) is 7.56. The Labute approximate surface area is 266 Å². The molecule has 10 heteroatoms. The minimum absolute atomic E-state index is 0.0133. The molecule has 1 saturated carbocycles. The lowest BCUT2D eigenvalue weighted by molar-refractivity contribution is 0.165. The standard InChI is InChI=1S/C36H38F3N5O2/c1-4-22-7-6-8-23-13-26(45)14-27(30(22)23)31-29(38)15-28-33(32(31)39)41-35(42-34(28)44-16-21(3)40-25(5-2)18-44)46-20-36(10-11-36)19-43-12-9-24(37)17-43/h1,6-8,13-15,21,24-25,40,45H,5,9-12,16-20H2,2-3H3/t21-,24-,25-/m1/s1. The third kappa shape index (κ3) is 5.71. The Kier molecular flexibility index (Phi) is 7.94. The fraction of sp³-hybridized carbons (Fsp3) is 0.444. The Bertz CT molecular complexity index is 1860. The number of aromatic nitrogens is 2. The third-order valence-corrected chi connectivity index (χ3v) is 9.71. The lowest BCUT2D eigenvalue weighted by atomic mass is 9.93. The number of rotatable bonds is 8. The van der Waals surface area contributed by atoms with Gasteiger partial charge in [-0.15, -0.1) is 6.42 Å². The van der Waals surface area contributed by atoms with Crippen molar-refractivity contribution in [1.29, 1.82) is 0 Å². The summed E-state index contributed by atoms with van der Waals surface area (Å²) in [7, 11) is 0. The van der Waals surface area contributed by atoms with Gasteiger partial charge in [0.25, 0.3) is 0 Å². The van der Waals surface area contributed by atoms with Crippen molar-refractivity contribution in [3.8, 4) is 35.2 Å². The summed E-state index contributed by atoms with van der Waals surface area (Å²) in [4.78, 5) is 13.5. The summed E-state index contributed by atoms with van der Waals surface area (Å²) in [6.07, 6.45) is 8.30. The van der Waals surface area contributed by atoms with E-state index in [9.17, 15) is 9.50 Å². The van der Waals surface area contributed by atoms with Gasteiger partial charge in [-0.2, -0.15) is 9.97 Å². The normalized spacial score (nSPS) is 22.8. The molecule has 240 valence electrons. The first kappa shape index (κ1) is 30.6. The van der Waals surface area contributed by atoms with Crippen LogP contribution in [-0.2, 0) is 0 Å². The predicted octanol–water partition coefficient (Wildman–Crippen LogP) is 6.19. The lowest BCUT2D eigenvalue weighted by Crippen LogP contribution is -2.55. The minimum Gasteiger partial charge on any atom is -0.508 e. The van der Waals surface area contributed by atoms with Crippen molar-refractivity contribution < 1.29 is 23.0 Å². The lowest BCUT2D eigenvalue weighted by Gasteiger charge is -2.38. The molecule has 3 fully saturated rings. The monoisotopic (exact) mass is 629 g/mol. The number of hydrogen-bond donors (Lipinski definition) is 2. The van der Waals surface area contributed by atoms with Crippen LogP contribution in [0.25, 0.3) is 32.8 Å². The number of piperazine rings is 1. The van der Waals surface area contributed by atoms with Gasteiger partial charge in [0, 0.05) is 72.1 Å². The van der Waals surface area contributed by atoms with Crippen LogP contribution in [0.4, 0.5) is 19.0 Å². The van der Waals surface area contributed by atoms with Crippen LogP contribution < -0.4 is 15.0 Å². The van der Waals surface area contributed by atoms with Crippen LogP contribution in [0.2, 0.25) is 0 Å². The quantitative estimate of drug-likeness (QED) is 0.225. The van der Waals surface area contributed by atoms with E-state index in [4.69, 9.17) is 16.1 Å². The maximum Gasteiger partial charge on any atom is 0.319 e. The van der Waals surface area contributed by atoms with Crippen molar-refractivity contribution in [2.24, 2.45) is 5.41 Å². The van der Waals surface area contributed by atoms with Crippen molar-refractivity contribution >= 4 is 27.5 Å². The Balaban J connectivity index is 1.35. The molecule has 3 aromatic carbocycles.